The molecule has 5 nitrogen and oxygen atoms in total. The second-order valence-electron chi connectivity index (χ2n) is 7.47. The molecular formula is C24H29Cl2N3O2. The van der Waals surface area contributed by atoms with Gasteiger partial charge in [-0.1, -0.05) is 49.4 Å². The van der Waals surface area contributed by atoms with Crippen molar-refractivity contribution in [3.63, 3.8) is 0 Å². The third kappa shape index (κ3) is 5.67. The largest absolute Gasteiger partial charge is 0.441 e. The Labute approximate surface area is 196 Å². The van der Waals surface area contributed by atoms with E-state index in [-0.39, 0.29) is 43.2 Å². The van der Waals surface area contributed by atoms with Gasteiger partial charge in [0.25, 0.3) is 0 Å². The molecule has 1 aliphatic rings. The van der Waals surface area contributed by atoms with Crippen LogP contribution in [0.15, 0.2) is 59.0 Å². The lowest BCUT2D eigenvalue weighted by Gasteiger charge is -2.36. The lowest BCUT2D eigenvalue weighted by atomic mass is 10.0. The van der Waals surface area contributed by atoms with Gasteiger partial charge in [-0.25, -0.2) is 4.98 Å². The van der Waals surface area contributed by atoms with Gasteiger partial charge in [0, 0.05) is 25.2 Å². The summed E-state index contributed by atoms with van der Waals surface area (Å²) in [5.41, 5.74) is 4.12. The first kappa shape index (κ1) is 24.9. The van der Waals surface area contributed by atoms with Crippen LogP contribution >= 0.6 is 24.8 Å². The molecule has 1 aliphatic heterocycles. The highest BCUT2D eigenvalue weighted by Crippen LogP contribution is 2.26. The van der Waals surface area contributed by atoms with Crippen molar-refractivity contribution < 1.29 is 9.21 Å². The smallest absolute Gasteiger partial charge is 0.229 e. The molecule has 1 amide bonds. The quantitative estimate of drug-likeness (QED) is 0.594. The normalized spacial score (nSPS) is 15.7. The number of oxazole rings is 1. The van der Waals surface area contributed by atoms with Gasteiger partial charge in [-0.2, -0.15) is 0 Å². The van der Waals surface area contributed by atoms with E-state index in [1.165, 1.54) is 11.1 Å². The van der Waals surface area contributed by atoms with Crippen molar-refractivity contribution in [2.45, 2.75) is 32.7 Å². The number of halogens is 2. The van der Waals surface area contributed by atoms with E-state index in [0.717, 1.165) is 25.1 Å². The van der Waals surface area contributed by atoms with Gasteiger partial charge in [0.2, 0.25) is 11.8 Å². The third-order valence-corrected chi connectivity index (χ3v) is 5.57. The molecule has 1 atom stereocenters. The molecule has 0 aliphatic carbocycles. The maximum atomic E-state index is 13.2. The van der Waals surface area contributed by atoms with Crippen molar-refractivity contribution in [2.75, 3.05) is 19.6 Å². The minimum atomic E-state index is 0. The molecule has 1 N–H and O–H groups in total. The van der Waals surface area contributed by atoms with Gasteiger partial charge in [-0.3, -0.25) is 4.79 Å². The second kappa shape index (κ2) is 11.3. The minimum Gasteiger partial charge on any atom is -0.441 e. The monoisotopic (exact) mass is 461 g/mol. The average molecular weight is 462 g/mol. The number of rotatable bonds is 5. The molecular weight excluding hydrogens is 433 g/mol. The Hall–Kier alpha value is -2.34. The van der Waals surface area contributed by atoms with Crippen LogP contribution in [0.4, 0.5) is 0 Å². The Morgan fingerprint density at radius 1 is 1.13 bits per heavy atom. The number of amides is 1. The van der Waals surface area contributed by atoms with Crippen LogP contribution in [0.2, 0.25) is 0 Å². The van der Waals surface area contributed by atoms with Crippen LogP contribution in [0.3, 0.4) is 0 Å². The number of hydrogen-bond donors (Lipinski definition) is 1. The molecule has 2 heterocycles. The van der Waals surface area contributed by atoms with E-state index in [0.29, 0.717) is 23.9 Å². The number of nitrogens with zero attached hydrogens (tertiary/aromatic N) is 2. The van der Waals surface area contributed by atoms with Crippen LogP contribution in [-0.2, 0) is 17.6 Å². The van der Waals surface area contributed by atoms with Crippen LogP contribution in [-0.4, -0.2) is 35.4 Å². The first-order chi connectivity index (χ1) is 14.2. The van der Waals surface area contributed by atoms with Gasteiger partial charge < -0.3 is 14.6 Å². The summed E-state index contributed by atoms with van der Waals surface area (Å²) >= 11 is 0. The van der Waals surface area contributed by atoms with E-state index >= 15 is 0 Å². The van der Waals surface area contributed by atoms with E-state index in [2.05, 4.69) is 41.5 Å². The fourth-order valence-electron chi connectivity index (χ4n) is 3.82. The molecule has 31 heavy (non-hydrogen) atoms. The molecule has 0 bridgehead atoms. The van der Waals surface area contributed by atoms with Crippen molar-refractivity contribution in [3.05, 3.63) is 77.2 Å². The Bertz CT molecular complexity index is 974. The summed E-state index contributed by atoms with van der Waals surface area (Å²) in [7, 11) is 0. The maximum absolute atomic E-state index is 13.2. The average Bonchev–Trinajstić information content (AvgIpc) is 3.14. The molecule has 0 radical (unpaired) electrons. The van der Waals surface area contributed by atoms with Crippen LogP contribution in [0.5, 0.6) is 0 Å². The number of aromatic nitrogens is 1. The zero-order chi connectivity index (χ0) is 20.2. The van der Waals surface area contributed by atoms with E-state index in [1.54, 1.807) is 0 Å². The molecule has 166 valence electrons. The Kier molecular flexibility index (Phi) is 9.11. The lowest BCUT2D eigenvalue weighted by Crippen LogP contribution is -2.49. The van der Waals surface area contributed by atoms with Crippen molar-refractivity contribution in [3.8, 4) is 11.5 Å². The van der Waals surface area contributed by atoms with E-state index in [1.807, 2.05) is 42.2 Å². The van der Waals surface area contributed by atoms with Crippen LogP contribution in [0.25, 0.3) is 11.5 Å². The molecule has 3 aromatic rings. The van der Waals surface area contributed by atoms with Gasteiger partial charge in [0.05, 0.1) is 18.2 Å². The number of piperazine rings is 1. The van der Waals surface area contributed by atoms with Gasteiger partial charge in [0.1, 0.15) is 5.76 Å². The topological polar surface area (TPSA) is 58.4 Å². The first-order valence-corrected chi connectivity index (χ1v) is 10.3. The number of nitrogens with one attached hydrogen (secondary N) is 1. The lowest BCUT2D eigenvalue weighted by molar-refractivity contribution is -0.133. The minimum absolute atomic E-state index is 0. The molecule has 7 heteroatoms. The Balaban J connectivity index is 0.00000171. The molecule has 1 unspecified atom stereocenters. The highest BCUT2D eigenvalue weighted by Gasteiger charge is 2.29. The highest BCUT2D eigenvalue weighted by molar-refractivity contribution is 5.85. The highest BCUT2D eigenvalue weighted by atomic mass is 35.5. The van der Waals surface area contributed by atoms with Crippen molar-refractivity contribution in [2.24, 2.45) is 0 Å². The second-order valence-corrected chi connectivity index (χ2v) is 7.47. The first-order valence-electron chi connectivity index (χ1n) is 10.3. The third-order valence-electron chi connectivity index (χ3n) is 5.57. The van der Waals surface area contributed by atoms with E-state index < -0.39 is 0 Å². The Morgan fingerprint density at radius 2 is 1.84 bits per heavy atom. The summed E-state index contributed by atoms with van der Waals surface area (Å²) in [5, 5.41) is 3.42. The van der Waals surface area contributed by atoms with Crippen LogP contribution in [0, 0.1) is 6.92 Å². The van der Waals surface area contributed by atoms with Crippen LogP contribution < -0.4 is 5.32 Å². The number of benzene rings is 2. The van der Waals surface area contributed by atoms with Crippen molar-refractivity contribution >= 4 is 30.7 Å². The van der Waals surface area contributed by atoms with E-state index in [9.17, 15) is 4.79 Å². The summed E-state index contributed by atoms with van der Waals surface area (Å²) < 4.78 is 5.83. The van der Waals surface area contributed by atoms with Crippen molar-refractivity contribution in [1.82, 2.24) is 15.2 Å². The maximum Gasteiger partial charge on any atom is 0.229 e. The van der Waals surface area contributed by atoms with E-state index in [4.69, 9.17) is 4.42 Å². The SMILES string of the molecule is CCc1ccc(C2CNCCN2C(=O)Cc2nc(-c3ccccc3)oc2C)cc1.Cl.Cl. The summed E-state index contributed by atoms with van der Waals surface area (Å²) in [4.78, 5) is 19.8. The summed E-state index contributed by atoms with van der Waals surface area (Å²) in [6.07, 6.45) is 1.27. The molecule has 1 saturated heterocycles. The number of carbonyl (C=O) groups is 1. The fraction of sp³-hybridized carbons (Fsp3) is 0.333. The van der Waals surface area contributed by atoms with Gasteiger partial charge >= 0.3 is 0 Å². The molecule has 1 fully saturated rings. The molecule has 1 aromatic heterocycles. The zero-order valence-corrected chi connectivity index (χ0v) is 19.5. The zero-order valence-electron chi connectivity index (χ0n) is 17.8. The van der Waals surface area contributed by atoms with Gasteiger partial charge in [-0.05, 0) is 36.6 Å². The molecule has 0 saturated carbocycles. The van der Waals surface area contributed by atoms with Crippen molar-refractivity contribution in [1.29, 1.82) is 0 Å². The summed E-state index contributed by atoms with van der Waals surface area (Å²) in [6, 6.07) is 18.4. The molecule has 4 rings (SSSR count). The number of aryl methyl sites for hydroxylation is 2. The van der Waals surface area contributed by atoms with Crippen LogP contribution in [0.1, 0.15) is 35.5 Å². The number of hydrogen-bond acceptors (Lipinski definition) is 4. The molecule has 2 aromatic carbocycles. The van der Waals surface area contributed by atoms with Gasteiger partial charge in [-0.15, -0.1) is 24.8 Å². The summed E-state index contributed by atoms with van der Waals surface area (Å²) in [6.45, 7) is 6.30. The molecule has 0 spiro atoms. The predicted molar refractivity (Wildman–Crippen MR) is 128 cm³/mol. The van der Waals surface area contributed by atoms with Gasteiger partial charge in [0.15, 0.2) is 0 Å². The predicted octanol–water partition coefficient (Wildman–Crippen LogP) is 4.77. The Morgan fingerprint density at radius 3 is 2.52 bits per heavy atom. The summed E-state index contributed by atoms with van der Waals surface area (Å²) in [5.74, 6) is 1.36. The fourth-order valence-corrected chi connectivity index (χ4v) is 3.82. The number of carbonyl (C=O) groups excluding carboxylic acids is 1. The standard InChI is InChI=1S/C24H27N3O2.2ClH/c1-3-18-9-11-19(12-10-18)22-16-25-13-14-27(22)23(28)15-21-17(2)29-24(26-21)20-7-5-4-6-8-20;;/h4-12,22,25H,3,13-16H2,1-2H3;2*1H.